The fraction of sp³-hybridized carbons (Fsp3) is 0.500. The number of Topliss-reactive ketones (excluding diaryl/α,β-unsaturated/α-hetero) is 1. The van der Waals surface area contributed by atoms with E-state index in [2.05, 4.69) is 10.2 Å². The second-order valence-corrected chi connectivity index (χ2v) is 4.84. The van der Waals surface area contributed by atoms with Gasteiger partial charge < -0.3 is 10.2 Å². The molecule has 0 aliphatic carbocycles. The van der Waals surface area contributed by atoms with Gasteiger partial charge in [-0.05, 0) is 12.1 Å². The molecule has 2 rings (SSSR count). The number of hydrogen-bond donors (Lipinski definition) is 1. The van der Waals surface area contributed by atoms with Crippen LogP contribution in [0.15, 0.2) is 24.3 Å². The van der Waals surface area contributed by atoms with E-state index in [4.69, 9.17) is 0 Å². The van der Waals surface area contributed by atoms with Crippen molar-refractivity contribution < 1.29 is 18.0 Å². The number of hydrogen-bond acceptors (Lipinski definition) is 3. The van der Waals surface area contributed by atoms with Crippen molar-refractivity contribution in [1.29, 1.82) is 0 Å². The van der Waals surface area contributed by atoms with Crippen LogP contribution in [-0.4, -0.2) is 43.4 Å². The summed E-state index contributed by atoms with van der Waals surface area (Å²) >= 11 is 0. The summed E-state index contributed by atoms with van der Waals surface area (Å²) in [6.45, 7) is 4.28. The summed E-state index contributed by atoms with van der Waals surface area (Å²) in [7, 11) is 0. The molecule has 1 saturated heterocycles. The molecular formula is C14H17F3N2O. The van der Waals surface area contributed by atoms with Gasteiger partial charge in [-0.2, -0.15) is 13.2 Å². The molecule has 0 unspecified atom stereocenters. The van der Waals surface area contributed by atoms with Crippen LogP contribution in [-0.2, 0) is 6.18 Å². The zero-order valence-electron chi connectivity index (χ0n) is 11.0. The van der Waals surface area contributed by atoms with Gasteiger partial charge in [-0.3, -0.25) is 4.79 Å². The molecule has 0 bridgehead atoms. The Morgan fingerprint density at radius 2 is 1.75 bits per heavy atom. The minimum atomic E-state index is -4.36. The minimum Gasteiger partial charge on any atom is -0.314 e. The monoisotopic (exact) mass is 286 g/mol. The van der Waals surface area contributed by atoms with Crippen molar-refractivity contribution in [3.8, 4) is 0 Å². The Morgan fingerprint density at radius 1 is 1.15 bits per heavy atom. The SMILES string of the molecule is O=C(CCN1CCNCC1)c1ccc(C(F)(F)F)cc1. The third-order valence-electron chi connectivity index (χ3n) is 3.40. The van der Waals surface area contributed by atoms with Crippen molar-refractivity contribution in [3.05, 3.63) is 35.4 Å². The molecule has 0 saturated carbocycles. The van der Waals surface area contributed by atoms with Crippen LogP contribution < -0.4 is 5.32 Å². The number of nitrogens with one attached hydrogen (secondary N) is 1. The molecule has 1 aliphatic rings. The molecule has 0 atom stereocenters. The molecule has 1 aromatic rings. The summed E-state index contributed by atoms with van der Waals surface area (Å²) in [5, 5.41) is 3.22. The highest BCUT2D eigenvalue weighted by Crippen LogP contribution is 2.29. The molecule has 6 heteroatoms. The maximum absolute atomic E-state index is 12.4. The van der Waals surface area contributed by atoms with E-state index in [0.29, 0.717) is 18.5 Å². The fourth-order valence-electron chi connectivity index (χ4n) is 2.18. The average Bonchev–Trinajstić information content (AvgIpc) is 2.45. The van der Waals surface area contributed by atoms with Crippen LogP contribution in [0.4, 0.5) is 13.2 Å². The normalized spacial score (nSPS) is 17.1. The van der Waals surface area contributed by atoms with E-state index in [9.17, 15) is 18.0 Å². The van der Waals surface area contributed by atoms with Crippen molar-refractivity contribution >= 4 is 5.78 Å². The van der Waals surface area contributed by atoms with Gasteiger partial charge >= 0.3 is 6.18 Å². The van der Waals surface area contributed by atoms with Gasteiger partial charge in [-0.1, -0.05) is 12.1 Å². The Balaban J connectivity index is 1.89. The molecule has 0 amide bonds. The Kier molecular flexibility index (Phi) is 4.77. The lowest BCUT2D eigenvalue weighted by molar-refractivity contribution is -0.137. The van der Waals surface area contributed by atoms with Gasteiger partial charge in [0.2, 0.25) is 0 Å². The third-order valence-corrected chi connectivity index (χ3v) is 3.40. The first-order valence-electron chi connectivity index (χ1n) is 6.60. The zero-order valence-corrected chi connectivity index (χ0v) is 11.0. The van der Waals surface area contributed by atoms with Gasteiger partial charge in [0.25, 0.3) is 0 Å². The lowest BCUT2D eigenvalue weighted by Crippen LogP contribution is -2.44. The van der Waals surface area contributed by atoms with Crippen molar-refractivity contribution in [2.45, 2.75) is 12.6 Å². The molecule has 1 N–H and O–H groups in total. The van der Waals surface area contributed by atoms with Gasteiger partial charge in [-0.15, -0.1) is 0 Å². The summed E-state index contributed by atoms with van der Waals surface area (Å²) in [5.41, 5.74) is -0.385. The van der Waals surface area contributed by atoms with Crippen molar-refractivity contribution in [1.82, 2.24) is 10.2 Å². The number of nitrogens with zero attached hydrogens (tertiary/aromatic N) is 1. The highest BCUT2D eigenvalue weighted by Gasteiger charge is 2.30. The minimum absolute atomic E-state index is 0.114. The summed E-state index contributed by atoms with van der Waals surface area (Å²) in [5.74, 6) is -0.114. The van der Waals surface area contributed by atoms with E-state index in [1.165, 1.54) is 12.1 Å². The number of carbonyl (C=O) groups is 1. The van der Waals surface area contributed by atoms with Gasteiger partial charge in [-0.25, -0.2) is 0 Å². The molecule has 1 heterocycles. The van der Waals surface area contributed by atoms with Crippen molar-refractivity contribution in [3.63, 3.8) is 0 Å². The molecule has 1 fully saturated rings. The number of ketones is 1. The summed E-state index contributed by atoms with van der Waals surface area (Å²) in [6, 6.07) is 4.42. The average molecular weight is 286 g/mol. The number of piperazine rings is 1. The van der Waals surface area contributed by atoms with Gasteiger partial charge in [0.05, 0.1) is 5.56 Å². The highest BCUT2D eigenvalue weighted by atomic mass is 19.4. The molecule has 3 nitrogen and oxygen atoms in total. The number of rotatable bonds is 4. The van der Waals surface area contributed by atoms with Crippen LogP contribution in [0.5, 0.6) is 0 Å². The van der Waals surface area contributed by atoms with Gasteiger partial charge in [0.15, 0.2) is 5.78 Å². The molecule has 0 aromatic heterocycles. The van der Waals surface area contributed by atoms with Gasteiger partial charge in [0.1, 0.15) is 0 Å². The van der Waals surface area contributed by atoms with Gasteiger partial charge in [0, 0.05) is 44.7 Å². The second-order valence-electron chi connectivity index (χ2n) is 4.84. The van der Waals surface area contributed by atoms with E-state index in [0.717, 1.165) is 38.3 Å². The Hall–Kier alpha value is -1.40. The van der Waals surface area contributed by atoms with Crippen LogP contribution in [0.2, 0.25) is 0 Å². The third kappa shape index (κ3) is 4.05. The van der Waals surface area contributed by atoms with E-state index in [-0.39, 0.29) is 5.78 Å². The first-order valence-corrected chi connectivity index (χ1v) is 6.60. The first kappa shape index (κ1) is 15.0. The Bertz CT molecular complexity index is 450. The van der Waals surface area contributed by atoms with Crippen LogP contribution in [0.25, 0.3) is 0 Å². The molecule has 1 aromatic carbocycles. The van der Waals surface area contributed by atoms with E-state index < -0.39 is 11.7 Å². The number of benzene rings is 1. The largest absolute Gasteiger partial charge is 0.416 e. The van der Waals surface area contributed by atoms with E-state index in [1.54, 1.807) is 0 Å². The standard InChI is InChI=1S/C14H17F3N2O/c15-14(16,17)12-3-1-11(2-4-12)13(20)5-8-19-9-6-18-7-10-19/h1-4,18H,5-10H2. The Morgan fingerprint density at radius 3 is 2.30 bits per heavy atom. The molecule has 20 heavy (non-hydrogen) atoms. The quantitative estimate of drug-likeness (QED) is 0.861. The topological polar surface area (TPSA) is 32.3 Å². The van der Waals surface area contributed by atoms with E-state index >= 15 is 0 Å². The lowest BCUT2D eigenvalue weighted by atomic mass is 10.1. The predicted octanol–water partition coefficient (Wildman–Crippen LogP) is 2.18. The maximum atomic E-state index is 12.4. The molecule has 0 radical (unpaired) electrons. The Labute approximate surface area is 115 Å². The molecule has 110 valence electrons. The smallest absolute Gasteiger partial charge is 0.314 e. The maximum Gasteiger partial charge on any atom is 0.416 e. The van der Waals surface area contributed by atoms with Crippen LogP contribution in [0.1, 0.15) is 22.3 Å². The zero-order chi connectivity index (χ0) is 14.6. The number of alkyl halides is 3. The van der Waals surface area contributed by atoms with E-state index in [1.807, 2.05) is 0 Å². The first-order chi connectivity index (χ1) is 9.47. The highest BCUT2D eigenvalue weighted by molar-refractivity contribution is 5.96. The van der Waals surface area contributed by atoms with Crippen LogP contribution in [0, 0.1) is 0 Å². The van der Waals surface area contributed by atoms with Crippen LogP contribution in [0.3, 0.4) is 0 Å². The fourth-order valence-corrected chi connectivity index (χ4v) is 2.18. The predicted molar refractivity (Wildman–Crippen MR) is 69.7 cm³/mol. The second kappa shape index (κ2) is 6.37. The lowest BCUT2D eigenvalue weighted by Gasteiger charge is -2.26. The molecule has 0 spiro atoms. The van der Waals surface area contributed by atoms with Crippen molar-refractivity contribution in [2.24, 2.45) is 0 Å². The number of carbonyl (C=O) groups excluding carboxylic acids is 1. The van der Waals surface area contributed by atoms with Crippen LogP contribution >= 0.6 is 0 Å². The summed E-state index contributed by atoms with van der Waals surface area (Å²) in [6.07, 6.45) is -4.02. The van der Waals surface area contributed by atoms with Crippen molar-refractivity contribution in [2.75, 3.05) is 32.7 Å². The molecular weight excluding hydrogens is 269 g/mol. The number of halogens is 3. The summed E-state index contributed by atoms with van der Waals surface area (Å²) in [4.78, 5) is 14.1. The molecule has 1 aliphatic heterocycles. The summed E-state index contributed by atoms with van der Waals surface area (Å²) < 4.78 is 37.2.